The topological polar surface area (TPSA) is 84.2 Å². The molecule has 0 aliphatic heterocycles. The van der Waals surface area contributed by atoms with E-state index in [1.165, 1.54) is 0 Å². The first-order chi connectivity index (χ1) is 19.9. The zero-order valence-electron chi connectivity index (χ0n) is 24.9. The van der Waals surface area contributed by atoms with Gasteiger partial charge in [0.1, 0.15) is 5.75 Å². The molecule has 9 heteroatoms. The average molecular weight is 589 g/mol. The van der Waals surface area contributed by atoms with Gasteiger partial charge in [0.2, 0.25) is 0 Å². The second-order valence-corrected chi connectivity index (χ2v) is 10.4. The standard InChI is InChI=1S/C32H45ClN2O6/c1-24-22-27(8-10-29(24)33)32-26(3)28(30-23-25(2)34-35(30)4)9-11-31(32)41-14-7-5-6-13-37-16-18-39-20-21-40-19-17-38-15-12-36/h8-11,22-23,36H,5-7,12-21H2,1-4H3. The van der Waals surface area contributed by atoms with Crippen LogP contribution >= 0.6 is 11.6 Å². The van der Waals surface area contributed by atoms with E-state index < -0.39 is 0 Å². The molecule has 0 amide bonds. The van der Waals surface area contributed by atoms with Crippen molar-refractivity contribution in [2.24, 2.45) is 7.05 Å². The smallest absolute Gasteiger partial charge is 0.127 e. The molecular formula is C32H45ClN2O6. The minimum absolute atomic E-state index is 0.0322. The van der Waals surface area contributed by atoms with Crippen LogP contribution in [0.2, 0.25) is 5.02 Å². The second-order valence-electron chi connectivity index (χ2n) is 9.95. The number of halogens is 1. The molecule has 226 valence electrons. The van der Waals surface area contributed by atoms with Crippen molar-refractivity contribution in [3.63, 3.8) is 0 Å². The summed E-state index contributed by atoms with van der Waals surface area (Å²) in [5, 5.41) is 13.9. The molecule has 1 heterocycles. The zero-order valence-corrected chi connectivity index (χ0v) is 25.7. The number of benzene rings is 2. The first-order valence-electron chi connectivity index (χ1n) is 14.4. The van der Waals surface area contributed by atoms with Crippen LogP contribution in [-0.2, 0) is 26.0 Å². The van der Waals surface area contributed by atoms with Gasteiger partial charge in [-0.05, 0) is 87.1 Å². The average Bonchev–Trinajstić information content (AvgIpc) is 3.29. The third-order valence-corrected chi connectivity index (χ3v) is 7.12. The molecule has 8 nitrogen and oxygen atoms in total. The summed E-state index contributed by atoms with van der Waals surface area (Å²) >= 11 is 6.34. The Labute approximate surface area is 249 Å². The number of aliphatic hydroxyl groups is 1. The van der Waals surface area contributed by atoms with E-state index in [1.54, 1.807) is 0 Å². The summed E-state index contributed by atoms with van der Waals surface area (Å²) in [6, 6.07) is 12.5. The van der Waals surface area contributed by atoms with Crippen molar-refractivity contribution >= 4 is 11.6 Å². The summed E-state index contributed by atoms with van der Waals surface area (Å²) in [7, 11) is 1.98. The van der Waals surface area contributed by atoms with Gasteiger partial charge in [-0.3, -0.25) is 4.68 Å². The summed E-state index contributed by atoms with van der Waals surface area (Å²) in [5.41, 5.74) is 7.58. The van der Waals surface area contributed by atoms with Crippen molar-refractivity contribution in [1.29, 1.82) is 0 Å². The minimum atomic E-state index is 0.0322. The Balaban J connectivity index is 1.42. The Morgan fingerprint density at radius 1 is 0.756 bits per heavy atom. The van der Waals surface area contributed by atoms with Gasteiger partial charge in [-0.1, -0.05) is 17.7 Å². The highest BCUT2D eigenvalue weighted by atomic mass is 35.5. The molecule has 0 bridgehead atoms. The summed E-state index contributed by atoms with van der Waals surface area (Å²) in [6.45, 7) is 11.1. The summed E-state index contributed by atoms with van der Waals surface area (Å²) < 4.78 is 30.0. The molecule has 1 N–H and O–H groups in total. The SMILES string of the molecule is Cc1cc(-c2ccc(OCCCCCOCCOCCOCCOCCO)c(-c3ccc(Cl)c(C)c3)c2C)n(C)n1. The van der Waals surface area contributed by atoms with Crippen LogP contribution in [0.15, 0.2) is 36.4 Å². The van der Waals surface area contributed by atoms with Gasteiger partial charge in [-0.25, -0.2) is 0 Å². The third-order valence-electron chi connectivity index (χ3n) is 6.69. The van der Waals surface area contributed by atoms with E-state index in [2.05, 4.69) is 42.4 Å². The molecule has 0 spiro atoms. The lowest BCUT2D eigenvalue weighted by Gasteiger charge is -2.18. The van der Waals surface area contributed by atoms with Crippen LogP contribution in [0.25, 0.3) is 22.4 Å². The molecule has 0 aliphatic carbocycles. The highest BCUT2D eigenvalue weighted by Gasteiger charge is 2.17. The molecule has 0 atom stereocenters. The van der Waals surface area contributed by atoms with E-state index in [0.29, 0.717) is 59.5 Å². The van der Waals surface area contributed by atoms with Gasteiger partial charge in [0, 0.05) is 29.8 Å². The molecule has 3 rings (SSSR count). The van der Waals surface area contributed by atoms with E-state index in [9.17, 15) is 0 Å². The van der Waals surface area contributed by atoms with Gasteiger partial charge < -0.3 is 28.8 Å². The molecule has 0 fully saturated rings. The quantitative estimate of drug-likeness (QED) is 0.164. The number of aromatic nitrogens is 2. The Bertz CT molecular complexity index is 1200. The molecule has 0 radical (unpaired) electrons. The van der Waals surface area contributed by atoms with E-state index in [-0.39, 0.29) is 6.61 Å². The number of ether oxygens (including phenoxy) is 5. The van der Waals surface area contributed by atoms with Crippen LogP contribution in [0.3, 0.4) is 0 Å². The van der Waals surface area contributed by atoms with Gasteiger partial charge in [-0.2, -0.15) is 5.10 Å². The lowest BCUT2D eigenvalue weighted by molar-refractivity contribution is -0.00580. The second kappa shape index (κ2) is 18.2. The van der Waals surface area contributed by atoms with Gasteiger partial charge in [-0.15, -0.1) is 0 Å². The summed E-state index contributed by atoms with van der Waals surface area (Å²) in [6.07, 6.45) is 2.94. The van der Waals surface area contributed by atoms with Crippen molar-refractivity contribution in [3.05, 3.63) is 58.2 Å². The maximum atomic E-state index is 8.63. The van der Waals surface area contributed by atoms with Crippen molar-refractivity contribution in [2.45, 2.75) is 40.0 Å². The molecule has 2 aromatic carbocycles. The van der Waals surface area contributed by atoms with Crippen molar-refractivity contribution < 1.29 is 28.8 Å². The van der Waals surface area contributed by atoms with E-state index in [1.807, 2.05) is 31.6 Å². The lowest BCUT2D eigenvalue weighted by Crippen LogP contribution is -2.12. The Hall–Kier alpha value is -2.46. The predicted octanol–water partition coefficient (Wildman–Crippen LogP) is 5.94. The molecule has 41 heavy (non-hydrogen) atoms. The van der Waals surface area contributed by atoms with Crippen molar-refractivity contribution in [2.75, 3.05) is 66.1 Å². The fraction of sp³-hybridized carbons (Fsp3) is 0.531. The molecule has 0 saturated heterocycles. The number of rotatable bonds is 20. The first-order valence-corrected chi connectivity index (χ1v) is 14.8. The highest BCUT2D eigenvalue weighted by Crippen LogP contribution is 2.40. The monoisotopic (exact) mass is 588 g/mol. The van der Waals surface area contributed by atoms with E-state index >= 15 is 0 Å². The molecule has 0 saturated carbocycles. The third kappa shape index (κ3) is 10.7. The molecule has 1 aromatic heterocycles. The number of hydrogen-bond acceptors (Lipinski definition) is 7. The van der Waals surface area contributed by atoms with Crippen molar-refractivity contribution in [1.82, 2.24) is 9.78 Å². The summed E-state index contributed by atoms with van der Waals surface area (Å²) in [4.78, 5) is 0. The molecular weight excluding hydrogens is 544 g/mol. The normalized spacial score (nSPS) is 11.4. The number of hydrogen-bond donors (Lipinski definition) is 1. The van der Waals surface area contributed by atoms with Crippen LogP contribution in [0.4, 0.5) is 0 Å². The zero-order chi connectivity index (χ0) is 29.5. The van der Waals surface area contributed by atoms with Gasteiger partial charge >= 0.3 is 0 Å². The lowest BCUT2D eigenvalue weighted by atomic mass is 9.93. The Morgan fingerprint density at radius 3 is 2.00 bits per heavy atom. The molecule has 3 aromatic rings. The van der Waals surface area contributed by atoms with Gasteiger partial charge in [0.15, 0.2) is 0 Å². The largest absolute Gasteiger partial charge is 0.493 e. The summed E-state index contributed by atoms with van der Waals surface area (Å²) in [5.74, 6) is 0.877. The van der Waals surface area contributed by atoms with Crippen LogP contribution in [-0.4, -0.2) is 81.0 Å². The molecule has 0 aliphatic rings. The fourth-order valence-electron chi connectivity index (χ4n) is 4.60. The maximum Gasteiger partial charge on any atom is 0.127 e. The molecule has 0 unspecified atom stereocenters. The fourth-order valence-corrected chi connectivity index (χ4v) is 4.72. The van der Waals surface area contributed by atoms with Gasteiger partial charge in [0.25, 0.3) is 0 Å². The van der Waals surface area contributed by atoms with Crippen LogP contribution < -0.4 is 4.74 Å². The number of unbranched alkanes of at least 4 members (excludes halogenated alkanes) is 2. The van der Waals surface area contributed by atoms with E-state index in [4.69, 9.17) is 40.4 Å². The number of aryl methyl sites for hydroxylation is 3. The van der Waals surface area contributed by atoms with Crippen LogP contribution in [0.1, 0.15) is 36.1 Å². The minimum Gasteiger partial charge on any atom is -0.493 e. The number of aliphatic hydroxyl groups excluding tert-OH is 1. The Morgan fingerprint density at radius 2 is 1.39 bits per heavy atom. The van der Waals surface area contributed by atoms with Crippen molar-refractivity contribution in [3.8, 4) is 28.1 Å². The van der Waals surface area contributed by atoms with Gasteiger partial charge in [0.05, 0.1) is 70.8 Å². The van der Waals surface area contributed by atoms with Crippen LogP contribution in [0.5, 0.6) is 5.75 Å². The Kier molecular flexibility index (Phi) is 14.6. The van der Waals surface area contributed by atoms with E-state index in [0.717, 1.165) is 69.2 Å². The van der Waals surface area contributed by atoms with Crippen LogP contribution in [0, 0.1) is 20.8 Å². The number of nitrogens with zero attached hydrogens (tertiary/aromatic N) is 2. The maximum absolute atomic E-state index is 8.63. The highest BCUT2D eigenvalue weighted by molar-refractivity contribution is 6.31. The first kappa shape index (κ1) is 33.0. The predicted molar refractivity (Wildman–Crippen MR) is 163 cm³/mol.